The van der Waals surface area contributed by atoms with Crippen molar-refractivity contribution in [1.29, 1.82) is 0 Å². The Morgan fingerprint density at radius 2 is 1.74 bits per heavy atom. The lowest BCUT2D eigenvalue weighted by Gasteiger charge is -2.56. The maximum Gasteiger partial charge on any atom is 0.174 e. The van der Waals surface area contributed by atoms with Gasteiger partial charge in [0.1, 0.15) is 5.78 Å². The zero-order valence-electron chi connectivity index (χ0n) is 14.4. The summed E-state index contributed by atoms with van der Waals surface area (Å²) in [6.45, 7) is 4.02. The lowest BCUT2D eigenvalue weighted by atomic mass is 9.50. The molecule has 3 heteroatoms. The van der Waals surface area contributed by atoms with E-state index < -0.39 is 0 Å². The van der Waals surface area contributed by atoms with E-state index in [0.717, 1.165) is 56.1 Å². The first-order valence-electron chi connectivity index (χ1n) is 9.93. The van der Waals surface area contributed by atoms with Gasteiger partial charge in [0.15, 0.2) is 5.79 Å². The van der Waals surface area contributed by atoms with Gasteiger partial charge in [-0.15, -0.1) is 0 Å². The summed E-state index contributed by atoms with van der Waals surface area (Å²) in [6.07, 6.45) is 10.5. The van der Waals surface area contributed by atoms with Crippen LogP contribution >= 0.6 is 0 Å². The molecule has 5 aliphatic rings. The van der Waals surface area contributed by atoms with Crippen LogP contribution in [0.2, 0.25) is 0 Å². The molecule has 1 spiro atoms. The maximum atomic E-state index is 11.8. The first-order chi connectivity index (χ1) is 11.1. The van der Waals surface area contributed by atoms with Crippen LogP contribution in [0, 0.1) is 35.0 Å². The molecule has 1 heterocycles. The average Bonchev–Trinajstić information content (AvgIpc) is 3.14. The highest BCUT2D eigenvalue weighted by molar-refractivity contribution is 5.79. The normalized spacial score (nSPS) is 51.3. The minimum absolute atomic E-state index is 0.224. The van der Waals surface area contributed by atoms with Crippen molar-refractivity contribution in [3.63, 3.8) is 0 Å². The summed E-state index contributed by atoms with van der Waals surface area (Å²) in [5.74, 6) is 4.30. The van der Waals surface area contributed by atoms with Crippen LogP contribution in [0.5, 0.6) is 0 Å². The summed E-state index contributed by atoms with van der Waals surface area (Å²) in [7, 11) is 0. The van der Waals surface area contributed by atoms with Gasteiger partial charge in [0.2, 0.25) is 0 Å². The third-order valence-electron chi connectivity index (χ3n) is 8.56. The molecule has 0 aromatic carbocycles. The fourth-order valence-electron chi connectivity index (χ4n) is 7.54. The molecule has 6 atom stereocenters. The van der Waals surface area contributed by atoms with Gasteiger partial charge in [-0.3, -0.25) is 4.79 Å². The smallest absolute Gasteiger partial charge is 0.174 e. The van der Waals surface area contributed by atoms with Gasteiger partial charge in [-0.2, -0.15) is 0 Å². The zero-order chi connectivity index (χ0) is 15.7. The Bertz CT molecular complexity index is 509. The van der Waals surface area contributed by atoms with Gasteiger partial charge in [-0.05, 0) is 68.1 Å². The number of carbonyl (C=O) groups is 1. The molecule has 4 saturated carbocycles. The van der Waals surface area contributed by atoms with Crippen LogP contribution in [-0.2, 0) is 14.3 Å². The van der Waals surface area contributed by atoms with Crippen molar-refractivity contribution < 1.29 is 14.3 Å². The quantitative estimate of drug-likeness (QED) is 0.678. The fourth-order valence-corrected chi connectivity index (χ4v) is 7.54. The van der Waals surface area contributed by atoms with E-state index in [0.29, 0.717) is 11.7 Å². The van der Waals surface area contributed by atoms with Gasteiger partial charge in [0, 0.05) is 24.7 Å². The highest BCUT2D eigenvalue weighted by atomic mass is 16.7. The lowest BCUT2D eigenvalue weighted by Crippen LogP contribution is -2.54. The van der Waals surface area contributed by atoms with E-state index in [4.69, 9.17) is 9.47 Å². The Hall–Kier alpha value is -0.410. The van der Waals surface area contributed by atoms with E-state index in [1.54, 1.807) is 0 Å². The van der Waals surface area contributed by atoms with E-state index in [1.807, 2.05) is 0 Å². The molecule has 1 unspecified atom stereocenters. The highest BCUT2D eigenvalue weighted by Crippen LogP contribution is 2.66. The van der Waals surface area contributed by atoms with Crippen molar-refractivity contribution >= 4 is 5.78 Å². The Morgan fingerprint density at radius 3 is 2.57 bits per heavy atom. The molecule has 1 saturated heterocycles. The van der Waals surface area contributed by atoms with E-state index in [9.17, 15) is 4.79 Å². The summed E-state index contributed by atoms with van der Waals surface area (Å²) in [6, 6.07) is 0. The van der Waals surface area contributed by atoms with E-state index >= 15 is 0 Å². The summed E-state index contributed by atoms with van der Waals surface area (Å²) < 4.78 is 12.4. The summed E-state index contributed by atoms with van der Waals surface area (Å²) in [4.78, 5) is 11.8. The number of ketones is 1. The van der Waals surface area contributed by atoms with Crippen LogP contribution in [0.25, 0.3) is 0 Å². The summed E-state index contributed by atoms with van der Waals surface area (Å²) in [5.41, 5.74) is 0.224. The van der Waals surface area contributed by atoms with Gasteiger partial charge in [-0.25, -0.2) is 0 Å². The van der Waals surface area contributed by atoms with E-state index in [2.05, 4.69) is 6.92 Å². The van der Waals surface area contributed by atoms with Crippen molar-refractivity contribution in [2.75, 3.05) is 13.2 Å². The number of hydrogen-bond donors (Lipinski definition) is 0. The molecule has 0 N–H and O–H groups in total. The van der Waals surface area contributed by atoms with E-state index in [-0.39, 0.29) is 11.2 Å². The van der Waals surface area contributed by atoms with Crippen LogP contribution in [0.4, 0.5) is 0 Å². The third kappa shape index (κ3) is 1.93. The second-order valence-corrected chi connectivity index (χ2v) is 9.16. The minimum atomic E-state index is -0.262. The molecule has 1 aliphatic heterocycles. The molecule has 0 aromatic heterocycles. The molecule has 0 radical (unpaired) electrons. The number of carbonyl (C=O) groups excluding carboxylic acids is 1. The predicted molar refractivity (Wildman–Crippen MR) is 86.8 cm³/mol. The molecule has 23 heavy (non-hydrogen) atoms. The standard InChI is InChI=1S/C20H30O3/c1-19-8-6-16-15-5-3-14(21)12-13(15)2-4-17(16)18(19)7-9-20(19)22-10-11-23-20/h13,15-18H,2-12H2,1H3/t13-,15-,16+,17?,18-,19-/m0/s1. The Kier molecular flexibility index (Phi) is 3.27. The number of ether oxygens (including phenoxy) is 2. The number of Topliss-reactive ketones (excluding diaryl/α,β-unsaturated/α-hetero) is 1. The fraction of sp³-hybridized carbons (Fsp3) is 0.950. The Balaban J connectivity index is 1.42. The van der Waals surface area contributed by atoms with Crippen molar-refractivity contribution in [1.82, 2.24) is 0 Å². The van der Waals surface area contributed by atoms with Crippen molar-refractivity contribution in [3.05, 3.63) is 0 Å². The number of rotatable bonds is 0. The second-order valence-electron chi connectivity index (χ2n) is 9.16. The van der Waals surface area contributed by atoms with Crippen LogP contribution in [0.1, 0.15) is 64.7 Å². The zero-order valence-corrected chi connectivity index (χ0v) is 14.4. The Morgan fingerprint density at radius 1 is 0.913 bits per heavy atom. The van der Waals surface area contributed by atoms with Crippen LogP contribution in [-0.4, -0.2) is 24.8 Å². The van der Waals surface area contributed by atoms with Gasteiger partial charge >= 0.3 is 0 Å². The molecule has 0 aromatic rings. The third-order valence-corrected chi connectivity index (χ3v) is 8.56. The molecule has 0 bridgehead atoms. The van der Waals surface area contributed by atoms with Gasteiger partial charge in [0.25, 0.3) is 0 Å². The number of hydrogen-bond acceptors (Lipinski definition) is 3. The maximum absolute atomic E-state index is 11.8. The summed E-state index contributed by atoms with van der Waals surface area (Å²) in [5, 5.41) is 0. The first-order valence-corrected chi connectivity index (χ1v) is 9.93. The molecule has 4 aliphatic carbocycles. The molecular weight excluding hydrogens is 288 g/mol. The molecule has 5 rings (SSSR count). The minimum Gasteiger partial charge on any atom is -0.347 e. The topological polar surface area (TPSA) is 35.5 Å². The second kappa shape index (κ2) is 5.05. The average molecular weight is 318 g/mol. The molecular formula is C20H30O3. The van der Waals surface area contributed by atoms with Crippen molar-refractivity contribution in [2.24, 2.45) is 35.0 Å². The van der Waals surface area contributed by atoms with Gasteiger partial charge in [-0.1, -0.05) is 6.92 Å². The highest BCUT2D eigenvalue weighted by Gasteiger charge is 2.65. The van der Waals surface area contributed by atoms with Crippen molar-refractivity contribution in [3.8, 4) is 0 Å². The summed E-state index contributed by atoms with van der Waals surface area (Å²) >= 11 is 0. The molecule has 128 valence electrons. The molecule has 5 fully saturated rings. The predicted octanol–water partition coefficient (Wildman–Crippen LogP) is 3.95. The monoisotopic (exact) mass is 318 g/mol. The Labute approximate surface area is 139 Å². The van der Waals surface area contributed by atoms with Gasteiger partial charge < -0.3 is 9.47 Å². The van der Waals surface area contributed by atoms with Crippen LogP contribution < -0.4 is 0 Å². The lowest BCUT2D eigenvalue weighted by molar-refractivity contribution is -0.243. The largest absolute Gasteiger partial charge is 0.347 e. The number of fused-ring (bicyclic) bond motifs is 6. The van der Waals surface area contributed by atoms with Gasteiger partial charge in [0.05, 0.1) is 13.2 Å². The van der Waals surface area contributed by atoms with Crippen molar-refractivity contribution in [2.45, 2.75) is 70.5 Å². The van der Waals surface area contributed by atoms with Crippen LogP contribution in [0.15, 0.2) is 0 Å². The first kappa shape index (κ1) is 14.9. The van der Waals surface area contributed by atoms with E-state index in [1.165, 1.54) is 38.5 Å². The van der Waals surface area contributed by atoms with Crippen LogP contribution in [0.3, 0.4) is 0 Å². The molecule has 3 nitrogen and oxygen atoms in total. The molecule has 0 amide bonds. The SMILES string of the molecule is C[C@]12CC[C@H]3C(CC[C@H]4CC(=O)CC[C@@H]43)[C@@H]1CCC21OCCO1.